The summed E-state index contributed by atoms with van der Waals surface area (Å²) in [6.45, 7) is 14.2. The Labute approximate surface area is 101 Å². The largest absolute Gasteiger partial charge is 0.314 e. The van der Waals surface area contributed by atoms with Gasteiger partial charge in [-0.2, -0.15) is 0 Å². The molecule has 1 heterocycles. The van der Waals surface area contributed by atoms with Crippen LogP contribution in [0.4, 0.5) is 0 Å². The van der Waals surface area contributed by atoms with Gasteiger partial charge in [0.15, 0.2) is 0 Å². The molecule has 0 aromatic carbocycles. The van der Waals surface area contributed by atoms with Crippen LogP contribution >= 0.6 is 0 Å². The van der Waals surface area contributed by atoms with Gasteiger partial charge < -0.3 is 15.1 Å². The summed E-state index contributed by atoms with van der Waals surface area (Å²) >= 11 is 0. The topological polar surface area (TPSA) is 18.5 Å². The van der Waals surface area contributed by atoms with E-state index >= 15 is 0 Å². The van der Waals surface area contributed by atoms with Crippen molar-refractivity contribution in [3.63, 3.8) is 0 Å². The number of nitrogens with one attached hydrogen (secondary N) is 1. The Morgan fingerprint density at radius 1 is 1.12 bits per heavy atom. The molecule has 0 saturated carbocycles. The minimum Gasteiger partial charge on any atom is -0.314 e. The van der Waals surface area contributed by atoms with Gasteiger partial charge in [0.2, 0.25) is 0 Å². The highest BCUT2D eigenvalue weighted by molar-refractivity contribution is 4.72. The van der Waals surface area contributed by atoms with Crippen LogP contribution in [0.15, 0.2) is 0 Å². The number of hydrogen-bond donors (Lipinski definition) is 1. The summed E-state index contributed by atoms with van der Waals surface area (Å²) in [6.07, 6.45) is 1.22. The Morgan fingerprint density at radius 2 is 1.75 bits per heavy atom. The molecule has 16 heavy (non-hydrogen) atoms. The van der Waals surface area contributed by atoms with Crippen LogP contribution in [0.25, 0.3) is 0 Å². The summed E-state index contributed by atoms with van der Waals surface area (Å²) in [5, 5.41) is 3.59. The molecule has 3 nitrogen and oxygen atoms in total. The van der Waals surface area contributed by atoms with Gasteiger partial charge in [-0.25, -0.2) is 0 Å². The van der Waals surface area contributed by atoms with Gasteiger partial charge in [-0.1, -0.05) is 13.8 Å². The first kappa shape index (κ1) is 13.9. The molecule has 0 radical (unpaired) electrons. The van der Waals surface area contributed by atoms with Crippen LogP contribution in [0.5, 0.6) is 0 Å². The Balaban J connectivity index is 2.11. The van der Waals surface area contributed by atoms with Crippen molar-refractivity contribution in [1.82, 2.24) is 15.1 Å². The van der Waals surface area contributed by atoms with E-state index in [1.165, 1.54) is 39.1 Å². The second kappa shape index (κ2) is 7.25. The minimum atomic E-state index is 0.662. The molecule has 0 spiro atoms. The second-order valence-corrected chi connectivity index (χ2v) is 5.43. The van der Waals surface area contributed by atoms with E-state index in [9.17, 15) is 0 Å². The first-order chi connectivity index (χ1) is 7.61. The van der Waals surface area contributed by atoms with E-state index < -0.39 is 0 Å². The SMILES string of the molecule is CCC(C)NCC(C)CN1CCN(C)CC1. The molecular weight excluding hydrogens is 198 g/mol. The molecule has 1 fully saturated rings. The molecule has 3 heteroatoms. The summed E-state index contributed by atoms with van der Waals surface area (Å²) in [4.78, 5) is 5.02. The number of likely N-dealkylation sites (N-methyl/N-ethyl adjacent to an activating group) is 1. The lowest BCUT2D eigenvalue weighted by atomic mass is 10.1. The molecule has 1 rings (SSSR count). The normalized spacial score (nSPS) is 23.2. The lowest BCUT2D eigenvalue weighted by Gasteiger charge is -2.34. The maximum atomic E-state index is 3.59. The van der Waals surface area contributed by atoms with Gasteiger partial charge in [-0.15, -0.1) is 0 Å². The second-order valence-electron chi connectivity index (χ2n) is 5.43. The van der Waals surface area contributed by atoms with Crippen molar-refractivity contribution in [2.45, 2.75) is 33.2 Å². The molecule has 1 aliphatic rings. The fraction of sp³-hybridized carbons (Fsp3) is 1.00. The van der Waals surface area contributed by atoms with E-state index in [-0.39, 0.29) is 0 Å². The number of piperazine rings is 1. The highest BCUT2D eigenvalue weighted by atomic mass is 15.2. The predicted molar refractivity (Wildman–Crippen MR) is 70.9 cm³/mol. The highest BCUT2D eigenvalue weighted by Crippen LogP contribution is 2.04. The lowest BCUT2D eigenvalue weighted by molar-refractivity contribution is 0.138. The maximum Gasteiger partial charge on any atom is 0.0110 e. The molecule has 0 aromatic heterocycles. The smallest absolute Gasteiger partial charge is 0.0110 e. The average molecular weight is 227 g/mol. The molecule has 96 valence electrons. The molecule has 0 bridgehead atoms. The summed E-state index contributed by atoms with van der Waals surface area (Å²) in [6, 6.07) is 0.662. The van der Waals surface area contributed by atoms with Gasteiger partial charge in [0.05, 0.1) is 0 Å². The molecule has 1 saturated heterocycles. The van der Waals surface area contributed by atoms with Gasteiger partial charge in [0.25, 0.3) is 0 Å². The summed E-state index contributed by atoms with van der Waals surface area (Å²) in [5.41, 5.74) is 0. The van der Waals surface area contributed by atoms with E-state index in [1.54, 1.807) is 0 Å². The monoisotopic (exact) mass is 227 g/mol. The van der Waals surface area contributed by atoms with E-state index in [0.717, 1.165) is 12.5 Å². The Morgan fingerprint density at radius 3 is 2.31 bits per heavy atom. The van der Waals surface area contributed by atoms with Crippen molar-refractivity contribution in [2.24, 2.45) is 5.92 Å². The van der Waals surface area contributed by atoms with E-state index in [2.05, 4.69) is 42.9 Å². The standard InChI is InChI=1S/C13H29N3/c1-5-13(3)14-10-12(2)11-16-8-6-15(4)7-9-16/h12-14H,5-11H2,1-4H3. The van der Waals surface area contributed by atoms with Crippen LogP contribution in [-0.2, 0) is 0 Å². The highest BCUT2D eigenvalue weighted by Gasteiger charge is 2.15. The van der Waals surface area contributed by atoms with E-state index in [1.807, 2.05) is 0 Å². The summed E-state index contributed by atoms with van der Waals surface area (Å²) in [5.74, 6) is 0.761. The average Bonchev–Trinajstić information content (AvgIpc) is 2.29. The van der Waals surface area contributed by atoms with Crippen molar-refractivity contribution in [3.8, 4) is 0 Å². The molecular formula is C13H29N3. The molecule has 2 atom stereocenters. The third-order valence-corrected chi connectivity index (χ3v) is 3.59. The number of nitrogens with zero attached hydrogens (tertiary/aromatic N) is 2. The first-order valence-electron chi connectivity index (χ1n) is 6.76. The number of rotatable bonds is 6. The van der Waals surface area contributed by atoms with Gasteiger partial charge >= 0.3 is 0 Å². The van der Waals surface area contributed by atoms with E-state index in [0.29, 0.717) is 6.04 Å². The Kier molecular flexibility index (Phi) is 6.32. The van der Waals surface area contributed by atoms with Crippen molar-refractivity contribution >= 4 is 0 Å². The zero-order chi connectivity index (χ0) is 12.0. The molecule has 0 aromatic rings. The van der Waals surface area contributed by atoms with Crippen LogP contribution < -0.4 is 5.32 Å². The Hall–Kier alpha value is -0.120. The van der Waals surface area contributed by atoms with Crippen LogP contribution in [-0.4, -0.2) is 62.2 Å². The lowest BCUT2D eigenvalue weighted by Crippen LogP contribution is -2.47. The third kappa shape index (κ3) is 5.28. The fourth-order valence-corrected chi connectivity index (χ4v) is 2.08. The molecule has 1 aliphatic heterocycles. The number of hydrogen-bond acceptors (Lipinski definition) is 3. The van der Waals surface area contributed by atoms with Crippen LogP contribution in [0, 0.1) is 5.92 Å². The van der Waals surface area contributed by atoms with Gasteiger partial charge in [-0.3, -0.25) is 0 Å². The van der Waals surface area contributed by atoms with Crippen molar-refractivity contribution in [3.05, 3.63) is 0 Å². The summed E-state index contributed by atoms with van der Waals surface area (Å²) in [7, 11) is 2.21. The van der Waals surface area contributed by atoms with Crippen LogP contribution in [0.1, 0.15) is 27.2 Å². The van der Waals surface area contributed by atoms with Gasteiger partial charge in [0, 0.05) is 38.8 Å². The minimum absolute atomic E-state index is 0.662. The fourth-order valence-electron chi connectivity index (χ4n) is 2.08. The maximum absolute atomic E-state index is 3.59. The van der Waals surface area contributed by atoms with Crippen LogP contribution in [0.2, 0.25) is 0 Å². The predicted octanol–water partition coefficient (Wildman–Crippen LogP) is 1.26. The van der Waals surface area contributed by atoms with Gasteiger partial charge in [-0.05, 0) is 32.9 Å². The van der Waals surface area contributed by atoms with Crippen molar-refractivity contribution in [1.29, 1.82) is 0 Å². The molecule has 1 N–H and O–H groups in total. The molecule has 0 amide bonds. The van der Waals surface area contributed by atoms with E-state index in [4.69, 9.17) is 0 Å². The van der Waals surface area contributed by atoms with Crippen LogP contribution in [0.3, 0.4) is 0 Å². The van der Waals surface area contributed by atoms with Gasteiger partial charge in [0.1, 0.15) is 0 Å². The third-order valence-electron chi connectivity index (χ3n) is 3.59. The zero-order valence-corrected chi connectivity index (χ0v) is 11.5. The molecule has 2 unspecified atom stereocenters. The first-order valence-corrected chi connectivity index (χ1v) is 6.76. The van der Waals surface area contributed by atoms with Crippen molar-refractivity contribution < 1.29 is 0 Å². The quantitative estimate of drug-likeness (QED) is 0.737. The zero-order valence-electron chi connectivity index (χ0n) is 11.5. The molecule has 0 aliphatic carbocycles. The van der Waals surface area contributed by atoms with Crippen molar-refractivity contribution in [2.75, 3.05) is 46.3 Å². The summed E-state index contributed by atoms with van der Waals surface area (Å²) < 4.78 is 0. The Bertz CT molecular complexity index is 176.